The smallest absolute Gasteiger partial charge is 0.254 e. The van der Waals surface area contributed by atoms with Crippen molar-refractivity contribution in [3.8, 4) is 0 Å². The fraction of sp³-hybridized carbons (Fsp3) is 0.643. The van der Waals surface area contributed by atoms with Crippen molar-refractivity contribution < 1.29 is 9.53 Å². The van der Waals surface area contributed by atoms with E-state index in [1.54, 1.807) is 4.57 Å². The largest absolute Gasteiger partial charge is 0.379 e. The van der Waals surface area contributed by atoms with Crippen molar-refractivity contribution >= 4 is 17.7 Å². The lowest BCUT2D eigenvalue weighted by atomic mass is 10.1. The van der Waals surface area contributed by atoms with Crippen molar-refractivity contribution in [1.82, 2.24) is 14.9 Å². The molecule has 0 spiro atoms. The number of amides is 1. The van der Waals surface area contributed by atoms with Gasteiger partial charge in [-0.25, -0.2) is 4.98 Å². The summed E-state index contributed by atoms with van der Waals surface area (Å²) in [6, 6.07) is 1.42. The zero-order valence-corrected chi connectivity index (χ0v) is 13.2. The summed E-state index contributed by atoms with van der Waals surface area (Å²) in [4.78, 5) is 28.0. The van der Waals surface area contributed by atoms with E-state index in [0.717, 1.165) is 6.42 Å². The summed E-state index contributed by atoms with van der Waals surface area (Å²) in [7, 11) is 0. The molecule has 0 radical (unpaired) electrons. The molecule has 0 fully saturated rings. The molecule has 0 aliphatic carbocycles. The van der Waals surface area contributed by atoms with Crippen LogP contribution in [0.25, 0.3) is 0 Å². The molecule has 1 atom stereocenters. The van der Waals surface area contributed by atoms with Gasteiger partial charge in [0.25, 0.3) is 5.56 Å². The Labute approximate surface area is 128 Å². The molecule has 1 aromatic rings. The van der Waals surface area contributed by atoms with E-state index in [2.05, 4.69) is 10.3 Å². The van der Waals surface area contributed by atoms with Gasteiger partial charge in [-0.3, -0.25) is 14.2 Å². The standard InChI is InChI=1S/C14H21N3O3S/c1-10(2)20-7-3-5-15-13(19)11-8-17-12(18)4-6-16-14(17)21-9-11/h4,6,10-11H,3,5,7-9H2,1-2H3,(H,15,19). The van der Waals surface area contributed by atoms with Crippen LogP contribution in [-0.4, -0.2) is 40.5 Å². The second-order valence-electron chi connectivity index (χ2n) is 5.25. The van der Waals surface area contributed by atoms with Gasteiger partial charge in [0.1, 0.15) is 0 Å². The van der Waals surface area contributed by atoms with Crippen molar-refractivity contribution in [2.45, 2.75) is 38.1 Å². The van der Waals surface area contributed by atoms with Crippen LogP contribution in [0.15, 0.2) is 22.2 Å². The number of thioether (sulfide) groups is 1. The van der Waals surface area contributed by atoms with Crippen LogP contribution in [0, 0.1) is 5.92 Å². The van der Waals surface area contributed by atoms with Gasteiger partial charge < -0.3 is 10.1 Å². The number of fused-ring (bicyclic) bond motifs is 1. The third-order valence-corrected chi connectivity index (χ3v) is 4.31. The molecule has 1 aliphatic rings. The highest BCUT2D eigenvalue weighted by atomic mass is 32.2. The highest BCUT2D eigenvalue weighted by Gasteiger charge is 2.25. The summed E-state index contributed by atoms with van der Waals surface area (Å²) < 4.78 is 6.99. The minimum Gasteiger partial charge on any atom is -0.379 e. The highest BCUT2D eigenvalue weighted by molar-refractivity contribution is 7.99. The monoisotopic (exact) mass is 311 g/mol. The van der Waals surface area contributed by atoms with Crippen LogP contribution >= 0.6 is 11.8 Å². The number of ether oxygens (including phenoxy) is 1. The number of rotatable bonds is 6. The maximum Gasteiger partial charge on any atom is 0.254 e. The van der Waals surface area contributed by atoms with Crippen LogP contribution in [0.3, 0.4) is 0 Å². The molecule has 0 saturated heterocycles. The Balaban J connectivity index is 1.80. The molecule has 1 amide bonds. The molecule has 1 aliphatic heterocycles. The van der Waals surface area contributed by atoms with Gasteiger partial charge in [0.2, 0.25) is 5.91 Å². The van der Waals surface area contributed by atoms with E-state index in [9.17, 15) is 9.59 Å². The van der Waals surface area contributed by atoms with E-state index in [1.165, 1.54) is 24.0 Å². The van der Waals surface area contributed by atoms with Crippen molar-refractivity contribution in [3.63, 3.8) is 0 Å². The molecule has 21 heavy (non-hydrogen) atoms. The van der Waals surface area contributed by atoms with E-state index in [0.29, 0.717) is 30.6 Å². The summed E-state index contributed by atoms with van der Waals surface area (Å²) in [5.74, 6) is 0.467. The first-order valence-electron chi connectivity index (χ1n) is 7.16. The second-order valence-corrected chi connectivity index (χ2v) is 6.24. The van der Waals surface area contributed by atoms with Crippen LogP contribution in [0.1, 0.15) is 20.3 Å². The normalized spacial score (nSPS) is 17.6. The highest BCUT2D eigenvalue weighted by Crippen LogP contribution is 2.24. The molecule has 1 unspecified atom stereocenters. The lowest BCUT2D eigenvalue weighted by Gasteiger charge is -2.23. The number of nitrogens with one attached hydrogen (secondary N) is 1. The average Bonchev–Trinajstić information content (AvgIpc) is 2.46. The average molecular weight is 311 g/mol. The molecule has 2 rings (SSSR count). The lowest BCUT2D eigenvalue weighted by Crippen LogP contribution is -2.40. The van der Waals surface area contributed by atoms with Crippen molar-refractivity contribution in [3.05, 3.63) is 22.6 Å². The minimum atomic E-state index is -0.185. The Morgan fingerprint density at radius 1 is 1.62 bits per heavy atom. The lowest BCUT2D eigenvalue weighted by molar-refractivity contribution is -0.124. The van der Waals surface area contributed by atoms with Gasteiger partial charge >= 0.3 is 0 Å². The van der Waals surface area contributed by atoms with Crippen LogP contribution in [0.2, 0.25) is 0 Å². The maximum atomic E-state index is 12.1. The number of hydrogen-bond acceptors (Lipinski definition) is 5. The summed E-state index contributed by atoms with van der Waals surface area (Å²) >= 11 is 1.45. The molecule has 0 aromatic carbocycles. The quantitative estimate of drug-likeness (QED) is 0.624. The number of hydrogen-bond donors (Lipinski definition) is 1. The van der Waals surface area contributed by atoms with Crippen LogP contribution in [-0.2, 0) is 16.1 Å². The van der Waals surface area contributed by atoms with Gasteiger partial charge in [0, 0.05) is 37.7 Å². The maximum absolute atomic E-state index is 12.1. The summed E-state index contributed by atoms with van der Waals surface area (Å²) in [6.45, 7) is 5.62. The predicted octanol–water partition coefficient (Wildman–Crippen LogP) is 0.896. The number of nitrogens with zero attached hydrogens (tertiary/aromatic N) is 2. The molecule has 0 saturated carbocycles. The number of carbonyl (C=O) groups is 1. The van der Waals surface area contributed by atoms with Crippen LogP contribution in [0.4, 0.5) is 0 Å². The Bertz CT molecular complexity index is 545. The molecule has 7 heteroatoms. The number of aromatic nitrogens is 2. The first kappa shape index (κ1) is 16.0. The zero-order valence-electron chi connectivity index (χ0n) is 12.4. The Morgan fingerprint density at radius 3 is 3.19 bits per heavy atom. The van der Waals surface area contributed by atoms with Crippen molar-refractivity contribution in [2.24, 2.45) is 5.92 Å². The fourth-order valence-corrected chi connectivity index (χ4v) is 3.12. The SMILES string of the molecule is CC(C)OCCCNC(=O)C1CSc2nccc(=O)n2C1. The summed E-state index contributed by atoms with van der Waals surface area (Å²) in [5, 5.41) is 3.60. The van der Waals surface area contributed by atoms with Gasteiger partial charge in [-0.05, 0) is 20.3 Å². The number of carbonyl (C=O) groups excluding carboxylic acids is 1. The van der Waals surface area contributed by atoms with Gasteiger partial charge in [0.15, 0.2) is 5.16 Å². The zero-order chi connectivity index (χ0) is 15.2. The summed E-state index contributed by atoms with van der Waals surface area (Å²) in [6.07, 6.45) is 2.52. The topological polar surface area (TPSA) is 73.2 Å². The Hall–Kier alpha value is -1.34. The van der Waals surface area contributed by atoms with Gasteiger partial charge in [-0.1, -0.05) is 11.8 Å². The third-order valence-electron chi connectivity index (χ3n) is 3.16. The molecular weight excluding hydrogens is 290 g/mol. The molecular formula is C14H21N3O3S. The first-order chi connectivity index (χ1) is 10.1. The molecule has 1 aromatic heterocycles. The van der Waals surface area contributed by atoms with Crippen LogP contribution in [0.5, 0.6) is 0 Å². The van der Waals surface area contributed by atoms with E-state index >= 15 is 0 Å². The Morgan fingerprint density at radius 2 is 2.43 bits per heavy atom. The van der Waals surface area contributed by atoms with Crippen molar-refractivity contribution in [2.75, 3.05) is 18.9 Å². The first-order valence-corrected chi connectivity index (χ1v) is 8.14. The van der Waals surface area contributed by atoms with Crippen molar-refractivity contribution in [1.29, 1.82) is 0 Å². The molecule has 1 N–H and O–H groups in total. The Kier molecular flexibility index (Phi) is 5.81. The van der Waals surface area contributed by atoms with Crippen LogP contribution < -0.4 is 10.9 Å². The van der Waals surface area contributed by atoms with Gasteiger partial charge in [0.05, 0.1) is 12.0 Å². The molecule has 6 nitrogen and oxygen atoms in total. The second kappa shape index (κ2) is 7.61. The van der Waals surface area contributed by atoms with Gasteiger partial charge in [-0.2, -0.15) is 0 Å². The predicted molar refractivity (Wildman–Crippen MR) is 81.4 cm³/mol. The van der Waals surface area contributed by atoms with E-state index in [-0.39, 0.29) is 23.5 Å². The third kappa shape index (κ3) is 4.57. The minimum absolute atomic E-state index is 0.00606. The van der Waals surface area contributed by atoms with Gasteiger partial charge in [-0.15, -0.1) is 0 Å². The van der Waals surface area contributed by atoms with E-state index < -0.39 is 0 Å². The molecule has 116 valence electrons. The summed E-state index contributed by atoms with van der Waals surface area (Å²) in [5.41, 5.74) is -0.102. The van der Waals surface area contributed by atoms with E-state index in [4.69, 9.17) is 4.74 Å². The molecule has 0 bridgehead atoms. The molecule has 2 heterocycles. The fourth-order valence-electron chi connectivity index (χ4n) is 2.06. The van der Waals surface area contributed by atoms with E-state index in [1.807, 2.05) is 13.8 Å².